The van der Waals surface area contributed by atoms with Gasteiger partial charge in [0, 0.05) is 5.56 Å². The van der Waals surface area contributed by atoms with E-state index < -0.39 is 0 Å². The maximum absolute atomic E-state index is 12.8. The van der Waals surface area contributed by atoms with Crippen LogP contribution in [0.3, 0.4) is 0 Å². The first-order chi connectivity index (χ1) is 11.0. The molecule has 0 aliphatic heterocycles. The maximum atomic E-state index is 12.8. The monoisotopic (exact) mass is 319 g/mol. The van der Waals surface area contributed by atoms with Gasteiger partial charge in [-0.15, -0.1) is 0 Å². The number of anilines is 1. The predicted molar refractivity (Wildman–Crippen MR) is 84.8 cm³/mol. The van der Waals surface area contributed by atoms with E-state index in [0.29, 0.717) is 22.9 Å². The van der Waals surface area contributed by atoms with Gasteiger partial charge in [0.15, 0.2) is 6.61 Å². The molecule has 0 aromatic heterocycles. The zero-order valence-electron chi connectivity index (χ0n) is 13.2. The zero-order chi connectivity index (χ0) is 16.8. The minimum atomic E-state index is -0.361. The van der Waals surface area contributed by atoms with E-state index in [1.165, 1.54) is 31.4 Å². The van der Waals surface area contributed by atoms with Crippen LogP contribution in [0, 0.1) is 12.7 Å². The van der Waals surface area contributed by atoms with E-state index in [9.17, 15) is 9.18 Å². The molecule has 2 aromatic rings. The average Bonchev–Trinajstić information content (AvgIpc) is 2.55. The first-order valence-corrected chi connectivity index (χ1v) is 6.95. The smallest absolute Gasteiger partial charge is 0.262 e. The molecule has 0 aliphatic carbocycles. The topological polar surface area (TPSA) is 56.8 Å². The zero-order valence-corrected chi connectivity index (χ0v) is 13.2. The summed E-state index contributed by atoms with van der Waals surface area (Å²) in [4.78, 5) is 12.0. The molecular formula is C17H18FNO4. The molecule has 23 heavy (non-hydrogen) atoms. The summed E-state index contributed by atoms with van der Waals surface area (Å²) in [7, 11) is 3.09. The Balaban J connectivity index is 2.02. The summed E-state index contributed by atoms with van der Waals surface area (Å²) in [5.74, 6) is 0.902. The van der Waals surface area contributed by atoms with E-state index in [4.69, 9.17) is 14.2 Å². The fourth-order valence-electron chi connectivity index (χ4n) is 2.12. The van der Waals surface area contributed by atoms with Crippen LogP contribution in [0.25, 0.3) is 0 Å². The standard InChI is InChI=1S/C17H18FNO4/c1-11-15(21-2)9-8-14(17(11)22-3)19-16(20)10-23-13-6-4-12(18)5-7-13/h4-9H,10H2,1-3H3,(H,19,20). The van der Waals surface area contributed by atoms with Crippen molar-refractivity contribution < 1.29 is 23.4 Å². The molecule has 2 aromatic carbocycles. The van der Waals surface area contributed by atoms with Crippen molar-refractivity contribution in [3.8, 4) is 17.2 Å². The number of rotatable bonds is 6. The van der Waals surface area contributed by atoms with Crippen LogP contribution >= 0.6 is 0 Å². The molecule has 0 radical (unpaired) electrons. The Morgan fingerprint density at radius 1 is 1.09 bits per heavy atom. The number of halogens is 1. The number of ether oxygens (including phenoxy) is 3. The van der Waals surface area contributed by atoms with Gasteiger partial charge < -0.3 is 19.5 Å². The lowest BCUT2D eigenvalue weighted by molar-refractivity contribution is -0.118. The van der Waals surface area contributed by atoms with Crippen molar-refractivity contribution in [1.82, 2.24) is 0 Å². The summed E-state index contributed by atoms with van der Waals surface area (Å²) in [6, 6.07) is 8.89. The highest BCUT2D eigenvalue weighted by Gasteiger charge is 2.13. The molecule has 0 atom stereocenters. The number of carbonyl (C=O) groups excluding carboxylic acids is 1. The minimum absolute atomic E-state index is 0.195. The molecule has 1 N–H and O–H groups in total. The van der Waals surface area contributed by atoms with Crippen molar-refractivity contribution in [2.75, 3.05) is 26.1 Å². The molecule has 6 heteroatoms. The Morgan fingerprint density at radius 3 is 2.39 bits per heavy atom. The second kappa shape index (κ2) is 7.49. The largest absolute Gasteiger partial charge is 0.496 e. The molecule has 0 fully saturated rings. The van der Waals surface area contributed by atoms with Crippen LogP contribution in [0.4, 0.5) is 10.1 Å². The van der Waals surface area contributed by atoms with E-state index in [-0.39, 0.29) is 18.3 Å². The summed E-state index contributed by atoms with van der Waals surface area (Å²) in [5.41, 5.74) is 1.31. The molecule has 0 bridgehead atoms. The van der Waals surface area contributed by atoms with E-state index in [1.54, 1.807) is 19.2 Å². The Kier molecular flexibility index (Phi) is 5.41. The lowest BCUT2D eigenvalue weighted by Crippen LogP contribution is -2.20. The van der Waals surface area contributed by atoms with Crippen LogP contribution in [0.1, 0.15) is 5.56 Å². The quantitative estimate of drug-likeness (QED) is 0.888. The van der Waals surface area contributed by atoms with Crippen LogP contribution in [0.2, 0.25) is 0 Å². The SMILES string of the molecule is COc1ccc(NC(=O)COc2ccc(F)cc2)c(OC)c1C. The summed E-state index contributed by atoms with van der Waals surface area (Å²) < 4.78 is 28.6. The normalized spacial score (nSPS) is 10.1. The van der Waals surface area contributed by atoms with Crippen molar-refractivity contribution in [2.45, 2.75) is 6.92 Å². The highest BCUT2D eigenvalue weighted by atomic mass is 19.1. The van der Waals surface area contributed by atoms with Gasteiger partial charge >= 0.3 is 0 Å². The van der Waals surface area contributed by atoms with Crippen LogP contribution in [0.5, 0.6) is 17.2 Å². The highest BCUT2D eigenvalue weighted by Crippen LogP contribution is 2.34. The highest BCUT2D eigenvalue weighted by molar-refractivity contribution is 5.93. The Labute approximate surface area is 134 Å². The fraction of sp³-hybridized carbons (Fsp3) is 0.235. The van der Waals surface area contributed by atoms with Gasteiger partial charge in [0.05, 0.1) is 19.9 Å². The van der Waals surface area contributed by atoms with E-state index in [2.05, 4.69) is 5.32 Å². The second-order valence-corrected chi connectivity index (χ2v) is 4.76. The number of methoxy groups -OCH3 is 2. The molecule has 0 spiro atoms. The molecule has 0 unspecified atom stereocenters. The Hall–Kier alpha value is -2.76. The van der Waals surface area contributed by atoms with Crippen molar-refractivity contribution in [2.24, 2.45) is 0 Å². The number of benzene rings is 2. The van der Waals surface area contributed by atoms with Crippen molar-refractivity contribution >= 4 is 11.6 Å². The third-order valence-corrected chi connectivity index (χ3v) is 3.24. The van der Waals surface area contributed by atoms with Crippen LogP contribution in [0.15, 0.2) is 36.4 Å². The summed E-state index contributed by atoms with van der Waals surface area (Å²) in [5, 5.41) is 2.72. The van der Waals surface area contributed by atoms with Crippen molar-refractivity contribution in [1.29, 1.82) is 0 Å². The van der Waals surface area contributed by atoms with Gasteiger partial charge in [0.1, 0.15) is 23.1 Å². The third kappa shape index (κ3) is 4.12. The maximum Gasteiger partial charge on any atom is 0.262 e. The number of carbonyl (C=O) groups is 1. The molecule has 0 saturated carbocycles. The van der Waals surface area contributed by atoms with Crippen LogP contribution in [-0.4, -0.2) is 26.7 Å². The third-order valence-electron chi connectivity index (χ3n) is 3.24. The number of nitrogens with one attached hydrogen (secondary N) is 1. The van der Waals surface area contributed by atoms with Gasteiger partial charge in [-0.3, -0.25) is 4.79 Å². The summed E-state index contributed by atoms with van der Waals surface area (Å²) in [6.07, 6.45) is 0. The summed E-state index contributed by atoms with van der Waals surface area (Å²) >= 11 is 0. The first kappa shape index (κ1) is 16.6. The molecule has 5 nitrogen and oxygen atoms in total. The molecule has 122 valence electrons. The summed E-state index contributed by atoms with van der Waals surface area (Å²) in [6.45, 7) is 1.64. The number of hydrogen-bond acceptors (Lipinski definition) is 4. The number of hydrogen-bond donors (Lipinski definition) is 1. The fourth-order valence-corrected chi connectivity index (χ4v) is 2.12. The van der Waals surface area contributed by atoms with Gasteiger partial charge in [0.2, 0.25) is 0 Å². The van der Waals surface area contributed by atoms with Gasteiger partial charge in [0.25, 0.3) is 5.91 Å². The Morgan fingerprint density at radius 2 is 1.78 bits per heavy atom. The van der Waals surface area contributed by atoms with Crippen molar-refractivity contribution in [3.63, 3.8) is 0 Å². The number of amides is 1. The van der Waals surface area contributed by atoms with Gasteiger partial charge in [-0.2, -0.15) is 0 Å². The van der Waals surface area contributed by atoms with Gasteiger partial charge in [-0.25, -0.2) is 4.39 Å². The second-order valence-electron chi connectivity index (χ2n) is 4.76. The molecular weight excluding hydrogens is 301 g/mol. The predicted octanol–water partition coefficient (Wildman–Crippen LogP) is 3.17. The van der Waals surface area contributed by atoms with Crippen LogP contribution in [-0.2, 0) is 4.79 Å². The van der Waals surface area contributed by atoms with E-state index >= 15 is 0 Å². The molecule has 0 saturated heterocycles. The molecule has 0 heterocycles. The average molecular weight is 319 g/mol. The van der Waals surface area contributed by atoms with Crippen LogP contribution < -0.4 is 19.5 Å². The lowest BCUT2D eigenvalue weighted by Gasteiger charge is -2.15. The van der Waals surface area contributed by atoms with Gasteiger partial charge in [-0.1, -0.05) is 0 Å². The minimum Gasteiger partial charge on any atom is -0.496 e. The lowest BCUT2D eigenvalue weighted by atomic mass is 10.1. The molecule has 1 amide bonds. The van der Waals surface area contributed by atoms with Gasteiger partial charge in [-0.05, 0) is 43.3 Å². The van der Waals surface area contributed by atoms with Crippen molar-refractivity contribution in [3.05, 3.63) is 47.8 Å². The molecule has 0 aliphatic rings. The Bertz CT molecular complexity index is 686. The van der Waals surface area contributed by atoms with E-state index in [1.807, 2.05) is 6.92 Å². The first-order valence-electron chi connectivity index (χ1n) is 6.95. The van der Waals surface area contributed by atoms with E-state index in [0.717, 1.165) is 5.56 Å². The molecule has 2 rings (SSSR count).